The fourth-order valence-electron chi connectivity index (χ4n) is 4.40. The molecule has 0 spiro atoms. The molecule has 2 aromatic rings. The topological polar surface area (TPSA) is 72.3 Å². The second-order valence-electron chi connectivity index (χ2n) is 8.35. The van der Waals surface area contributed by atoms with E-state index in [-0.39, 0.29) is 5.91 Å². The summed E-state index contributed by atoms with van der Waals surface area (Å²) < 4.78 is 0. The molecule has 2 aliphatic rings. The van der Waals surface area contributed by atoms with Crippen LogP contribution in [0.5, 0.6) is 0 Å². The zero-order valence-corrected chi connectivity index (χ0v) is 17.8. The van der Waals surface area contributed by atoms with Crippen molar-refractivity contribution < 1.29 is 4.79 Å². The molecule has 6 nitrogen and oxygen atoms in total. The number of anilines is 1. The van der Waals surface area contributed by atoms with E-state index in [1.54, 1.807) is 0 Å². The minimum absolute atomic E-state index is 0.135. The number of carbonyl (C=O) groups excluding carboxylic acids is 1. The van der Waals surface area contributed by atoms with Gasteiger partial charge in [0.05, 0.1) is 17.8 Å². The van der Waals surface area contributed by atoms with Gasteiger partial charge in [0.1, 0.15) is 11.9 Å². The molecule has 156 valence electrons. The number of piperazine rings is 1. The largest absolute Gasteiger partial charge is 0.352 e. The number of nitrogens with zero attached hydrogens (tertiary/aromatic N) is 4. The Morgan fingerprint density at radius 3 is 2.50 bits per heavy atom. The third-order valence-corrected chi connectivity index (χ3v) is 6.00. The Bertz CT molecular complexity index is 956. The number of nitrogens with one attached hydrogen (secondary N) is 1. The van der Waals surface area contributed by atoms with Crippen LogP contribution in [0.2, 0.25) is 0 Å². The standard InChI is InChI=1S/C24H29N5O/c1-17(2)26-16-22(30)28-11-13-29(14-12-28)24-21(15-25)19-9-6-10-20(19)23(27-24)18-7-4-3-5-8-18/h3-5,7-8,17,26H,6,9-14,16H2,1-2H3. The maximum absolute atomic E-state index is 12.4. The van der Waals surface area contributed by atoms with Gasteiger partial charge in [-0.1, -0.05) is 44.2 Å². The highest BCUT2D eigenvalue weighted by atomic mass is 16.2. The SMILES string of the molecule is CC(C)NCC(=O)N1CCN(c2nc(-c3ccccc3)c3c(c2C#N)CCC3)CC1. The van der Waals surface area contributed by atoms with E-state index in [1.165, 1.54) is 11.1 Å². The molecule has 1 aromatic carbocycles. The van der Waals surface area contributed by atoms with Crippen molar-refractivity contribution in [1.29, 1.82) is 5.26 Å². The number of hydrogen-bond donors (Lipinski definition) is 1. The van der Waals surface area contributed by atoms with Gasteiger partial charge in [-0.15, -0.1) is 0 Å². The smallest absolute Gasteiger partial charge is 0.236 e. The average Bonchev–Trinajstić information content (AvgIpc) is 3.27. The van der Waals surface area contributed by atoms with Gasteiger partial charge in [0.25, 0.3) is 0 Å². The summed E-state index contributed by atoms with van der Waals surface area (Å²) in [6, 6.07) is 13.0. The third-order valence-electron chi connectivity index (χ3n) is 6.00. The first kappa shape index (κ1) is 20.4. The van der Waals surface area contributed by atoms with Crippen LogP contribution in [0, 0.1) is 11.3 Å². The molecule has 4 rings (SSSR count). The lowest BCUT2D eigenvalue weighted by Crippen LogP contribution is -2.51. The molecule has 1 N–H and O–H groups in total. The predicted molar refractivity (Wildman–Crippen MR) is 118 cm³/mol. The number of amides is 1. The van der Waals surface area contributed by atoms with Crippen LogP contribution in [0.1, 0.15) is 37.0 Å². The first-order chi connectivity index (χ1) is 14.6. The van der Waals surface area contributed by atoms with Crippen LogP contribution in [0.3, 0.4) is 0 Å². The Morgan fingerprint density at radius 2 is 1.83 bits per heavy atom. The molecule has 1 saturated heterocycles. The van der Waals surface area contributed by atoms with Crippen molar-refractivity contribution in [2.75, 3.05) is 37.6 Å². The molecule has 30 heavy (non-hydrogen) atoms. The van der Waals surface area contributed by atoms with Crippen LogP contribution in [-0.4, -0.2) is 54.6 Å². The lowest BCUT2D eigenvalue weighted by Gasteiger charge is -2.36. The molecule has 1 aliphatic heterocycles. The second-order valence-corrected chi connectivity index (χ2v) is 8.35. The molecule has 0 saturated carbocycles. The zero-order chi connectivity index (χ0) is 21.1. The van der Waals surface area contributed by atoms with Crippen molar-refractivity contribution in [3.05, 3.63) is 47.0 Å². The Labute approximate surface area is 178 Å². The fraction of sp³-hybridized carbons (Fsp3) is 0.458. The number of carbonyl (C=O) groups is 1. The van der Waals surface area contributed by atoms with E-state index in [2.05, 4.69) is 28.4 Å². The quantitative estimate of drug-likeness (QED) is 0.831. The molecule has 1 amide bonds. The van der Waals surface area contributed by atoms with Crippen LogP contribution < -0.4 is 10.2 Å². The van der Waals surface area contributed by atoms with E-state index in [0.717, 1.165) is 41.9 Å². The highest BCUT2D eigenvalue weighted by molar-refractivity contribution is 5.79. The lowest BCUT2D eigenvalue weighted by molar-refractivity contribution is -0.130. The van der Waals surface area contributed by atoms with Crippen molar-refractivity contribution in [2.45, 2.75) is 39.2 Å². The number of aromatic nitrogens is 1. The molecule has 2 heterocycles. The van der Waals surface area contributed by atoms with Gasteiger partial charge in [-0.05, 0) is 30.4 Å². The minimum Gasteiger partial charge on any atom is -0.352 e. The molecular weight excluding hydrogens is 374 g/mol. The average molecular weight is 404 g/mol. The van der Waals surface area contributed by atoms with Gasteiger partial charge in [-0.25, -0.2) is 4.98 Å². The van der Waals surface area contributed by atoms with Gasteiger partial charge in [0.2, 0.25) is 5.91 Å². The molecule has 0 atom stereocenters. The van der Waals surface area contributed by atoms with Gasteiger partial charge >= 0.3 is 0 Å². The summed E-state index contributed by atoms with van der Waals surface area (Å²) in [5.74, 6) is 0.917. The first-order valence-corrected chi connectivity index (χ1v) is 10.9. The van der Waals surface area contributed by atoms with Crippen molar-refractivity contribution in [2.24, 2.45) is 0 Å². The van der Waals surface area contributed by atoms with Gasteiger partial charge in [0.15, 0.2) is 0 Å². The van der Waals surface area contributed by atoms with E-state index < -0.39 is 0 Å². The summed E-state index contributed by atoms with van der Waals surface area (Å²) in [5, 5.41) is 13.1. The van der Waals surface area contributed by atoms with E-state index in [4.69, 9.17) is 4.98 Å². The monoisotopic (exact) mass is 403 g/mol. The highest BCUT2D eigenvalue weighted by Gasteiger charge is 2.29. The molecular formula is C24H29N5O. The predicted octanol–water partition coefficient (Wildman–Crippen LogP) is 2.76. The molecule has 1 aromatic heterocycles. The number of fused-ring (bicyclic) bond motifs is 1. The molecule has 6 heteroatoms. The summed E-state index contributed by atoms with van der Waals surface area (Å²) in [7, 11) is 0. The van der Waals surface area contributed by atoms with Gasteiger partial charge in [-0.2, -0.15) is 5.26 Å². The number of benzene rings is 1. The number of pyridine rings is 1. The Kier molecular flexibility index (Phi) is 6.01. The van der Waals surface area contributed by atoms with Crippen LogP contribution in [0.25, 0.3) is 11.3 Å². The molecule has 0 radical (unpaired) electrons. The first-order valence-electron chi connectivity index (χ1n) is 10.9. The maximum atomic E-state index is 12.4. The number of hydrogen-bond acceptors (Lipinski definition) is 5. The van der Waals surface area contributed by atoms with Crippen molar-refractivity contribution in [3.8, 4) is 17.3 Å². The van der Waals surface area contributed by atoms with E-state index in [0.29, 0.717) is 38.8 Å². The Balaban J connectivity index is 1.59. The van der Waals surface area contributed by atoms with Crippen LogP contribution in [-0.2, 0) is 17.6 Å². The second kappa shape index (κ2) is 8.85. The third kappa shape index (κ3) is 4.03. The van der Waals surface area contributed by atoms with E-state index in [1.807, 2.05) is 36.9 Å². The van der Waals surface area contributed by atoms with Crippen LogP contribution >= 0.6 is 0 Å². The zero-order valence-electron chi connectivity index (χ0n) is 17.8. The molecule has 1 fully saturated rings. The number of rotatable bonds is 5. The maximum Gasteiger partial charge on any atom is 0.236 e. The van der Waals surface area contributed by atoms with E-state index >= 15 is 0 Å². The fourth-order valence-corrected chi connectivity index (χ4v) is 4.40. The molecule has 1 aliphatic carbocycles. The summed E-state index contributed by atoms with van der Waals surface area (Å²) in [6.45, 7) is 7.16. The normalized spacial score (nSPS) is 15.9. The van der Waals surface area contributed by atoms with Crippen LogP contribution in [0.4, 0.5) is 5.82 Å². The molecule has 0 unspecified atom stereocenters. The minimum atomic E-state index is 0.135. The van der Waals surface area contributed by atoms with Gasteiger partial charge in [0, 0.05) is 37.8 Å². The Morgan fingerprint density at radius 1 is 1.13 bits per heavy atom. The summed E-state index contributed by atoms with van der Waals surface area (Å²) in [6.07, 6.45) is 2.99. The van der Waals surface area contributed by atoms with Crippen molar-refractivity contribution >= 4 is 11.7 Å². The van der Waals surface area contributed by atoms with Gasteiger partial charge in [-0.3, -0.25) is 4.79 Å². The summed E-state index contributed by atoms with van der Waals surface area (Å²) in [4.78, 5) is 21.6. The molecule has 0 bridgehead atoms. The number of nitriles is 1. The highest BCUT2D eigenvalue weighted by Crippen LogP contribution is 2.37. The Hall–Kier alpha value is -2.91. The van der Waals surface area contributed by atoms with Crippen molar-refractivity contribution in [3.63, 3.8) is 0 Å². The lowest BCUT2D eigenvalue weighted by atomic mass is 9.98. The van der Waals surface area contributed by atoms with Crippen LogP contribution in [0.15, 0.2) is 30.3 Å². The van der Waals surface area contributed by atoms with E-state index in [9.17, 15) is 10.1 Å². The van der Waals surface area contributed by atoms with Crippen molar-refractivity contribution in [1.82, 2.24) is 15.2 Å². The summed E-state index contributed by atoms with van der Waals surface area (Å²) in [5.41, 5.74) is 5.24. The van der Waals surface area contributed by atoms with Gasteiger partial charge < -0.3 is 15.1 Å². The summed E-state index contributed by atoms with van der Waals surface area (Å²) >= 11 is 0.